The molecule has 2 aromatic rings. The monoisotopic (exact) mass is 765 g/mol. The summed E-state index contributed by atoms with van der Waals surface area (Å²) in [5, 5.41) is 7.49. The Bertz CT molecular complexity index is 2050. The van der Waals surface area contributed by atoms with Gasteiger partial charge in [-0.2, -0.15) is 40.4 Å². The van der Waals surface area contributed by atoms with Gasteiger partial charge >= 0.3 is 0 Å². The predicted molar refractivity (Wildman–Crippen MR) is 201 cm³/mol. The molecule has 0 radical (unpaired) electrons. The van der Waals surface area contributed by atoms with Crippen molar-refractivity contribution in [2.75, 3.05) is 79.7 Å². The number of benzene rings is 3. The number of thioether (sulfide) groups is 2. The Morgan fingerprint density at radius 3 is 2.08 bits per heavy atom. The van der Waals surface area contributed by atoms with Crippen LogP contribution in [-0.2, 0) is 29.8 Å². The minimum Gasteiger partial charge on any atom is -0.456 e. The third kappa shape index (κ3) is 12.3. The SMILES string of the molecule is CN(CCNC(=O)CSCCS(=O)(=O)O)c1ccc2c(-c3ccccc3)c3ccc(=[N+](C)CCNC(=O)CSCCS(=O)(=O)O)cc-3oc2c1. The van der Waals surface area contributed by atoms with Gasteiger partial charge in [-0.1, -0.05) is 30.3 Å². The van der Waals surface area contributed by atoms with Crippen LogP contribution in [0.5, 0.6) is 0 Å². The van der Waals surface area contributed by atoms with Crippen LogP contribution in [0.15, 0.2) is 71.1 Å². The normalized spacial score (nSPS) is 12.6. The fourth-order valence-electron chi connectivity index (χ4n) is 5.00. The second-order valence-electron chi connectivity index (χ2n) is 11.4. The molecular formula is C33H41N4O9S4+. The quantitative estimate of drug-likeness (QED) is 0.0503. The highest BCUT2D eigenvalue weighted by molar-refractivity contribution is 8.01. The van der Waals surface area contributed by atoms with Gasteiger partial charge in [0.05, 0.1) is 35.6 Å². The molecule has 0 atom stereocenters. The van der Waals surface area contributed by atoms with E-state index in [4.69, 9.17) is 13.5 Å². The number of anilines is 1. The van der Waals surface area contributed by atoms with Crippen molar-refractivity contribution in [1.29, 1.82) is 0 Å². The Kier molecular flexibility index (Phi) is 14.1. The molecule has 1 aliphatic heterocycles. The largest absolute Gasteiger partial charge is 0.456 e. The summed E-state index contributed by atoms with van der Waals surface area (Å²) in [5.41, 5.74) is 4.57. The molecule has 0 spiro atoms. The van der Waals surface area contributed by atoms with E-state index in [1.165, 1.54) is 0 Å². The first-order valence-corrected chi connectivity index (χ1v) is 21.1. The Labute approximate surface area is 300 Å². The highest BCUT2D eigenvalue weighted by Crippen LogP contribution is 2.40. The van der Waals surface area contributed by atoms with Crippen LogP contribution in [0, 0.1) is 0 Å². The van der Waals surface area contributed by atoms with Crippen LogP contribution in [-0.4, -0.2) is 113 Å². The van der Waals surface area contributed by atoms with Gasteiger partial charge in [0.25, 0.3) is 20.2 Å². The average molecular weight is 766 g/mol. The molecule has 0 bridgehead atoms. The van der Waals surface area contributed by atoms with E-state index in [1.807, 2.05) is 78.2 Å². The number of nitrogens with one attached hydrogen (secondary N) is 2. The number of fused-ring (bicyclic) bond motifs is 2. The molecule has 1 heterocycles. The zero-order chi connectivity index (χ0) is 36.3. The lowest BCUT2D eigenvalue weighted by Crippen LogP contribution is -2.36. The molecule has 0 fully saturated rings. The molecule has 270 valence electrons. The maximum absolute atomic E-state index is 12.2. The topological polar surface area (TPSA) is 186 Å². The third-order valence-corrected chi connectivity index (χ3v) is 11.5. The summed E-state index contributed by atoms with van der Waals surface area (Å²) < 4.78 is 69.5. The number of rotatable bonds is 18. The van der Waals surface area contributed by atoms with Crippen LogP contribution in [0.25, 0.3) is 33.4 Å². The number of hydrogen-bond acceptors (Lipinski definition) is 10. The van der Waals surface area contributed by atoms with E-state index in [0.717, 1.165) is 56.6 Å². The minimum atomic E-state index is -4.05. The zero-order valence-electron chi connectivity index (χ0n) is 27.7. The van der Waals surface area contributed by atoms with Crippen LogP contribution in [0.4, 0.5) is 5.69 Å². The van der Waals surface area contributed by atoms with E-state index < -0.39 is 31.7 Å². The Balaban J connectivity index is 1.49. The fourth-order valence-corrected chi connectivity index (χ4v) is 8.49. The Morgan fingerprint density at radius 2 is 1.46 bits per heavy atom. The fraction of sp³-hybridized carbons (Fsp3) is 0.364. The lowest BCUT2D eigenvalue weighted by Gasteiger charge is -2.21. The van der Waals surface area contributed by atoms with Crippen LogP contribution < -0.4 is 25.5 Å². The molecule has 2 amide bonds. The summed E-state index contributed by atoms with van der Waals surface area (Å²) in [7, 11) is -4.26. The van der Waals surface area contributed by atoms with Crippen molar-refractivity contribution >= 4 is 72.2 Å². The molecule has 4 rings (SSSR count). The van der Waals surface area contributed by atoms with Crippen molar-refractivity contribution in [3.8, 4) is 22.5 Å². The van der Waals surface area contributed by atoms with Gasteiger partial charge in [-0.25, -0.2) is 4.58 Å². The van der Waals surface area contributed by atoms with Crippen molar-refractivity contribution in [3.05, 3.63) is 72.1 Å². The summed E-state index contributed by atoms with van der Waals surface area (Å²) in [5.74, 6) is -0.102. The van der Waals surface area contributed by atoms with Gasteiger partial charge in [0, 0.05) is 66.0 Å². The van der Waals surface area contributed by atoms with Crippen LogP contribution in [0.1, 0.15) is 0 Å². The molecule has 2 aliphatic rings. The second-order valence-corrected chi connectivity index (χ2v) is 16.8. The molecule has 4 N–H and O–H groups in total. The summed E-state index contributed by atoms with van der Waals surface area (Å²) in [6.45, 7) is 1.78. The van der Waals surface area contributed by atoms with Crippen molar-refractivity contribution in [2.45, 2.75) is 0 Å². The summed E-state index contributed by atoms with van der Waals surface area (Å²) >= 11 is 2.27. The van der Waals surface area contributed by atoms with Crippen molar-refractivity contribution < 1.29 is 39.9 Å². The molecule has 17 heteroatoms. The average Bonchev–Trinajstić information content (AvgIpc) is 3.06. The molecule has 2 aromatic carbocycles. The number of likely N-dealkylation sites (N-methyl/N-ethyl adjacent to an activating group) is 2. The van der Waals surface area contributed by atoms with E-state index in [9.17, 15) is 26.4 Å². The number of nitrogens with zero attached hydrogens (tertiary/aromatic N) is 2. The first-order chi connectivity index (χ1) is 23.7. The molecule has 1 aliphatic carbocycles. The first kappa shape index (κ1) is 39.2. The number of carbonyl (C=O) groups excluding carboxylic acids is 2. The van der Waals surface area contributed by atoms with Gasteiger partial charge in [-0.05, 0) is 23.8 Å². The lowest BCUT2D eigenvalue weighted by atomic mass is 9.93. The number of hydrogen-bond donors (Lipinski definition) is 4. The molecule has 13 nitrogen and oxygen atoms in total. The molecule has 0 saturated heterocycles. The van der Waals surface area contributed by atoms with Gasteiger partial charge in [0.15, 0.2) is 6.54 Å². The highest BCUT2D eigenvalue weighted by Gasteiger charge is 2.19. The van der Waals surface area contributed by atoms with Crippen LogP contribution in [0.3, 0.4) is 0 Å². The van der Waals surface area contributed by atoms with Gasteiger partial charge in [0.2, 0.25) is 17.2 Å². The second kappa shape index (κ2) is 18.1. The predicted octanol–water partition coefficient (Wildman–Crippen LogP) is 2.52. The van der Waals surface area contributed by atoms with E-state index >= 15 is 0 Å². The van der Waals surface area contributed by atoms with E-state index in [0.29, 0.717) is 37.5 Å². The Hall–Kier alpha value is -3.61. The van der Waals surface area contributed by atoms with Gasteiger partial charge < -0.3 is 20.0 Å². The molecular weight excluding hydrogens is 725 g/mol. The smallest absolute Gasteiger partial charge is 0.265 e. The first-order valence-electron chi connectivity index (χ1n) is 15.6. The summed E-state index contributed by atoms with van der Waals surface area (Å²) in [4.78, 5) is 26.3. The highest BCUT2D eigenvalue weighted by atomic mass is 32.2. The summed E-state index contributed by atoms with van der Waals surface area (Å²) in [6, 6.07) is 22.1. The molecule has 50 heavy (non-hydrogen) atoms. The van der Waals surface area contributed by atoms with Crippen molar-refractivity contribution in [1.82, 2.24) is 15.2 Å². The Morgan fingerprint density at radius 1 is 0.840 bits per heavy atom. The third-order valence-electron chi connectivity index (χ3n) is 7.61. The maximum Gasteiger partial charge on any atom is 0.265 e. The molecule has 0 aromatic heterocycles. The van der Waals surface area contributed by atoms with E-state index in [-0.39, 0.29) is 34.8 Å². The van der Waals surface area contributed by atoms with E-state index in [2.05, 4.69) is 22.8 Å². The van der Waals surface area contributed by atoms with Crippen LogP contribution in [0.2, 0.25) is 0 Å². The standard InChI is InChI=1S/C33H40N4O9S4/c1-36(14-12-34-31(38)22-47-16-18-49(40,41)42)25-8-10-27-29(20-25)46-30-21-26(9-11-28(30)33(27)24-6-4-3-5-7-24)37(2)15-13-35-32(39)23-48-17-19-50(43,44)45/h3-11,20-21H,12-19,22-23H2,1-2H3,(H3-,34,35,38,39,40,41,42,43,44,45)/p+1. The lowest BCUT2D eigenvalue weighted by molar-refractivity contribution is -0.119. The van der Waals surface area contributed by atoms with Crippen molar-refractivity contribution in [2.24, 2.45) is 0 Å². The number of carbonyl (C=O) groups is 2. The summed E-state index contributed by atoms with van der Waals surface area (Å²) in [6.07, 6.45) is 0. The van der Waals surface area contributed by atoms with Gasteiger partial charge in [-0.15, -0.1) is 0 Å². The van der Waals surface area contributed by atoms with E-state index in [1.54, 1.807) is 0 Å². The van der Waals surface area contributed by atoms with Crippen LogP contribution >= 0.6 is 23.5 Å². The van der Waals surface area contributed by atoms with Crippen molar-refractivity contribution in [3.63, 3.8) is 0 Å². The van der Waals surface area contributed by atoms with Gasteiger partial charge in [-0.3, -0.25) is 18.7 Å². The number of amides is 2. The molecule has 0 saturated carbocycles. The van der Waals surface area contributed by atoms with Gasteiger partial charge in [0.1, 0.15) is 18.4 Å². The zero-order valence-corrected chi connectivity index (χ0v) is 31.0. The maximum atomic E-state index is 12.2. The molecule has 0 unspecified atom stereocenters. The minimum absolute atomic E-state index is 0.0936.